The summed E-state index contributed by atoms with van der Waals surface area (Å²) < 4.78 is 0. The summed E-state index contributed by atoms with van der Waals surface area (Å²) in [5.41, 5.74) is 2.29. The number of carbonyl (C=O) groups is 1. The van der Waals surface area contributed by atoms with Gasteiger partial charge in [-0.25, -0.2) is 9.97 Å². The maximum absolute atomic E-state index is 12.6. The van der Waals surface area contributed by atoms with Crippen LogP contribution in [0.15, 0.2) is 47.1 Å². The van der Waals surface area contributed by atoms with E-state index in [1.165, 1.54) is 24.6 Å². The fourth-order valence-corrected chi connectivity index (χ4v) is 5.76. The fraction of sp³-hybridized carbons (Fsp3) is 0.409. The van der Waals surface area contributed by atoms with E-state index in [1.54, 1.807) is 17.7 Å². The molecule has 1 aliphatic rings. The molecule has 3 atom stereocenters. The molecule has 4 rings (SSSR count). The van der Waals surface area contributed by atoms with Gasteiger partial charge in [-0.1, -0.05) is 68.8 Å². The van der Waals surface area contributed by atoms with Crippen LogP contribution < -0.4 is 5.32 Å². The first-order valence-corrected chi connectivity index (χ1v) is 11.7. The minimum atomic E-state index is 0.0965. The quantitative estimate of drug-likeness (QED) is 0.452. The van der Waals surface area contributed by atoms with Crippen LogP contribution in [-0.4, -0.2) is 27.7 Å². The zero-order valence-electron chi connectivity index (χ0n) is 16.2. The fourth-order valence-electron chi connectivity index (χ4n) is 3.96. The summed E-state index contributed by atoms with van der Waals surface area (Å²) in [7, 11) is 0. The van der Waals surface area contributed by atoms with E-state index in [0.29, 0.717) is 23.6 Å². The lowest BCUT2D eigenvalue weighted by atomic mass is 9.78. The molecule has 3 unspecified atom stereocenters. The highest BCUT2D eigenvalue weighted by Gasteiger charge is 2.28. The summed E-state index contributed by atoms with van der Waals surface area (Å²) in [5, 5.41) is 7.32. The molecule has 4 nitrogen and oxygen atoms in total. The smallest absolute Gasteiger partial charge is 0.230 e. The molecule has 1 fully saturated rings. The molecule has 3 aromatic rings. The molecule has 1 aromatic carbocycles. The Hall–Kier alpha value is -1.92. The van der Waals surface area contributed by atoms with Crippen molar-refractivity contribution in [3.8, 4) is 11.1 Å². The lowest BCUT2D eigenvalue weighted by Crippen LogP contribution is -2.44. The molecule has 6 heteroatoms. The summed E-state index contributed by atoms with van der Waals surface area (Å²) in [5.74, 6) is 1.69. The Morgan fingerprint density at radius 2 is 2.04 bits per heavy atom. The van der Waals surface area contributed by atoms with Crippen LogP contribution in [0.1, 0.15) is 33.1 Å². The van der Waals surface area contributed by atoms with Crippen molar-refractivity contribution in [3.63, 3.8) is 0 Å². The van der Waals surface area contributed by atoms with E-state index >= 15 is 0 Å². The molecule has 1 N–H and O–H groups in total. The Labute approximate surface area is 174 Å². The molecule has 0 aliphatic heterocycles. The van der Waals surface area contributed by atoms with E-state index in [-0.39, 0.29) is 5.91 Å². The molecule has 0 spiro atoms. The van der Waals surface area contributed by atoms with Gasteiger partial charge in [0.15, 0.2) is 0 Å². The second-order valence-corrected chi connectivity index (χ2v) is 9.43. The Bertz CT molecular complexity index is 957. The average Bonchev–Trinajstić information content (AvgIpc) is 3.15. The third-order valence-corrected chi connectivity index (χ3v) is 7.69. The van der Waals surface area contributed by atoms with E-state index in [9.17, 15) is 4.79 Å². The van der Waals surface area contributed by atoms with E-state index in [4.69, 9.17) is 0 Å². The Balaban J connectivity index is 1.49. The number of benzene rings is 1. The maximum Gasteiger partial charge on any atom is 0.230 e. The molecule has 0 saturated heterocycles. The lowest BCUT2D eigenvalue weighted by molar-refractivity contribution is -0.119. The summed E-state index contributed by atoms with van der Waals surface area (Å²) in [6.45, 7) is 4.55. The normalized spacial score (nSPS) is 22.3. The third kappa shape index (κ3) is 4.08. The zero-order valence-corrected chi connectivity index (χ0v) is 17.9. The predicted molar refractivity (Wildman–Crippen MR) is 118 cm³/mol. The van der Waals surface area contributed by atoms with Gasteiger partial charge in [0.2, 0.25) is 5.91 Å². The van der Waals surface area contributed by atoms with E-state index < -0.39 is 0 Å². The molecule has 28 heavy (non-hydrogen) atoms. The van der Waals surface area contributed by atoms with Crippen molar-refractivity contribution in [2.45, 2.75) is 44.2 Å². The number of aromatic nitrogens is 2. The number of hydrogen-bond acceptors (Lipinski definition) is 5. The van der Waals surface area contributed by atoms with Crippen LogP contribution in [0.3, 0.4) is 0 Å². The maximum atomic E-state index is 12.6. The number of nitrogens with zero attached hydrogens (tertiary/aromatic N) is 2. The van der Waals surface area contributed by atoms with Crippen LogP contribution in [0, 0.1) is 11.8 Å². The standard InChI is InChI=1S/C22H25N3OS2/c1-14-7-6-10-18(15(14)2)25-19(26)12-28-22-20-17(16-8-4-3-5-9-16)11-27-21(20)23-13-24-22/h3-5,8-9,11,13-15,18H,6-7,10,12H2,1-2H3,(H,25,26). The van der Waals surface area contributed by atoms with E-state index in [2.05, 4.69) is 46.6 Å². The summed E-state index contributed by atoms with van der Waals surface area (Å²) >= 11 is 3.13. The van der Waals surface area contributed by atoms with Crippen molar-refractivity contribution in [3.05, 3.63) is 42.0 Å². The Kier molecular flexibility index (Phi) is 5.97. The molecular formula is C22H25N3OS2. The monoisotopic (exact) mass is 411 g/mol. The summed E-state index contributed by atoms with van der Waals surface area (Å²) in [6.07, 6.45) is 5.15. The molecule has 146 valence electrons. The molecule has 1 aliphatic carbocycles. The largest absolute Gasteiger partial charge is 0.352 e. The van der Waals surface area contributed by atoms with Crippen molar-refractivity contribution < 1.29 is 4.79 Å². The zero-order chi connectivity index (χ0) is 19.5. The minimum Gasteiger partial charge on any atom is -0.352 e. The van der Waals surface area contributed by atoms with Gasteiger partial charge in [-0.15, -0.1) is 11.3 Å². The van der Waals surface area contributed by atoms with E-state index in [0.717, 1.165) is 32.8 Å². The van der Waals surface area contributed by atoms with Gasteiger partial charge >= 0.3 is 0 Å². The van der Waals surface area contributed by atoms with Crippen molar-refractivity contribution in [1.29, 1.82) is 0 Å². The van der Waals surface area contributed by atoms with Gasteiger partial charge in [0.25, 0.3) is 0 Å². The van der Waals surface area contributed by atoms with Gasteiger partial charge in [0, 0.05) is 17.0 Å². The van der Waals surface area contributed by atoms with Crippen molar-refractivity contribution >= 4 is 39.2 Å². The van der Waals surface area contributed by atoms with Crippen LogP contribution >= 0.6 is 23.1 Å². The van der Waals surface area contributed by atoms with Gasteiger partial charge in [0.05, 0.1) is 11.1 Å². The van der Waals surface area contributed by atoms with Crippen LogP contribution in [0.2, 0.25) is 0 Å². The van der Waals surface area contributed by atoms with E-state index in [1.807, 2.05) is 18.2 Å². The van der Waals surface area contributed by atoms with Gasteiger partial charge in [0.1, 0.15) is 16.2 Å². The molecule has 0 bridgehead atoms. The van der Waals surface area contributed by atoms with Gasteiger partial charge in [-0.05, 0) is 23.8 Å². The highest BCUT2D eigenvalue weighted by Crippen LogP contribution is 2.37. The number of rotatable bonds is 5. The lowest BCUT2D eigenvalue weighted by Gasteiger charge is -2.34. The average molecular weight is 412 g/mol. The molecule has 1 saturated carbocycles. The summed E-state index contributed by atoms with van der Waals surface area (Å²) in [6, 6.07) is 10.6. The molecule has 1 amide bonds. The number of thiophene rings is 1. The minimum absolute atomic E-state index is 0.0965. The van der Waals surface area contributed by atoms with Gasteiger partial charge in [-0.2, -0.15) is 0 Å². The van der Waals surface area contributed by atoms with Crippen LogP contribution in [0.25, 0.3) is 21.3 Å². The summed E-state index contributed by atoms with van der Waals surface area (Å²) in [4.78, 5) is 22.5. The molecule has 0 radical (unpaired) electrons. The third-order valence-electron chi connectivity index (χ3n) is 5.81. The van der Waals surface area contributed by atoms with Crippen molar-refractivity contribution in [2.24, 2.45) is 11.8 Å². The topological polar surface area (TPSA) is 54.9 Å². The van der Waals surface area contributed by atoms with Gasteiger partial charge in [-0.3, -0.25) is 4.79 Å². The van der Waals surface area contributed by atoms with Gasteiger partial charge < -0.3 is 5.32 Å². The van der Waals surface area contributed by atoms with Crippen molar-refractivity contribution in [2.75, 3.05) is 5.75 Å². The second kappa shape index (κ2) is 8.62. The molecular weight excluding hydrogens is 386 g/mol. The number of carbonyl (C=O) groups excluding carboxylic acids is 1. The predicted octanol–water partition coefficient (Wildman–Crippen LogP) is 5.39. The number of nitrogens with one attached hydrogen (secondary N) is 1. The first kappa shape index (κ1) is 19.4. The Morgan fingerprint density at radius 3 is 2.86 bits per heavy atom. The first-order chi connectivity index (χ1) is 13.6. The number of thioether (sulfide) groups is 1. The highest BCUT2D eigenvalue weighted by atomic mass is 32.2. The Morgan fingerprint density at radius 1 is 1.21 bits per heavy atom. The number of hydrogen-bond donors (Lipinski definition) is 1. The number of fused-ring (bicyclic) bond motifs is 1. The number of amides is 1. The van der Waals surface area contributed by atoms with Crippen LogP contribution in [-0.2, 0) is 4.79 Å². The van der Waals surface area contributed by atoms with Crippen LogP contribution in [0.4, 0.5) is 0 Å². The second-order valence-electron chi connectivity index (χ2n) is 7.60. The SMILES string of the molecule is CC1CCCC(NC(=O)CSc2ncnc3scc(-c4ccccc4)c23)C1C. The first-order valence-electron chi connectivity index (χ1n) is 9.83. The molecule has 2 aromatic heterocycles. The van der Waals surface area contributed by atoms with Crippen molar-refractivity contribution in [1.82, 2.24) is 15.3 Å². The van der Waals surface area contributed by atoms with Crippen LogP contribution in [0.5, 0.6) is 0 Å². The highest BCUT2D eigenvalue weighted by molar-refractivity contribution is 8.00. The molecule has 2 heterocycles.